The quantitative estimate of drug-likeness (QED) is 0.611. The maximum Gasteiger partial charge on any atom is 0.170 e. The lowest BCUT2D eigenvalue weighted by Crippen LogP contribution is -2.00. The van der Waals surface area contributed by atoms with Crippen LogP contribution in [0.4, 0.5) is 13.2 Å². The van der Waals surface area contributed by atoms with Crippen LogP contribution in [0.5, 0.6) is 5.75 Å². The topological polar surface area (TPSA) is 20.2 Å². The summed E-state index contributed by atoms with van der Waals surface area (Å²) >= 11 is 6.18. The molecule has 0 aromatic heterocycles. The molecule has 0 bridgehead atoms. The van der Waals surface area contributed by atoms with Crippen molar-refractivity contribution in [1.29, 1.82) is 0 Å². The van der Waals surface area contributed by atoms with Gasteiger partial charge in [0.05, 0.1) is 0 Å². The van der Waals surface area contributed by atoms with Crippen molar-refractivity contribution in [2.45, 2.75) is 12.8 Å². The molecule has 0 aliphatic rings. The summed E-state index contributed by atoms with van der Waals surface area (Å²) < 4.78 is 41.1. The first kappa shape index (κ1) is 17.4. The molecule has 0 aliphatic heterocycles. The van der Waals surface area contributed by atoms with Gasteiger partial charge in [0.25, 0.3) is 0 Å². The summed E-state index contributed by atoms with van der Waals surface area (Å²) in [6, 6.07) is 13.3. The number of aromatic hydroxyl groups is 1. The lowest BCUT2D eigenvalue weighted by Gasteiger charge is -2.10. The van der Waals surface area contributed by atoms with E-state index in [0.29, 0.717) is 16.1 Å². The molecule has 0 radical (unpaired) electrons. The summed E-state index contributed by atoms with van der Waals surface area (Å²) in [6.07, 6.45) is 0.317. The predicted octanol–water partition coefficient (Wildman–Crippen LogP) is 5.92. The Hall–Kier alpha value is -2.46. The van der Waals surface area contributed by atoms with Crippen LogP contribution in [0.25, 0.3) is 11.1 Å². The van der Waals surface area contributed by atoms with Crippen molar-refractivity contribution in [1.82, 2.24) is 0 Å². The van der Waals surface area contributed by atoms with Gasteiger partial charge in [-0.15, -0.1) is 0 Å². The highest BCUT2D eigenvalue weighted by molar-refractivity contribution is 6.31. The molecule has 3 rings (SSSR count). The van der Waals surface area contributed by atoms with Gasteiger partial charge < -0.3 is 5.11 Å². The lowest BCUT2D eigenvalue weighted by molar-refractivity contribution is 0.422. The molecule has 0 heterocycles. The van der Waals surface area contributed by atoms with Crippen LogP contribution >= 0.6 is 11.6 Å². The Labute approximate surface area is 148 Å². The van der Waals surface area contributed by atoms with Crippen LogP contribution in [0.15, 0.2) is 54.6 Å². The molecular weight excluding hydrogens is 349 g/mol. The average molecular weight is 363 g/mol. The third kappa shape index (κ3) is 3.80. The summed E-state index contributed by atoms with van der Waals surface area (Å²) in [4.78, 5) is 0. The maximum absolute atomic E-state index is 13.9. The molecule has 1 N–H and O–H groups in total. The third-order valence-corrected chi connectivity index (χ3v) is 4.38. The van der Waals surface area contributed by atoms with Gasteiger partial charge in [0.15, 0.2) is 11.6 Å². The van der Waals surface area contributed by atoms with E-state index < -0.39 is 17.4 Å². The van der Waals surface area contributed by atoms with Gasteiger partial charge >= 0.3 is 0 Å². The zero-order chi connectivity index (χ0) is 18.0. The molecule has 0 unspecified atom stereocenters. The standard InChI is InChI=1S/C20H14ClF3O/c21-17-7-5-13(12-2-1-3-15(22)11-12)10-14(17)4-6-16-18(23)8-9-19(25)20(16)24/h1-3,5,7-11,25H,4,6H2. The first-order chi connectivity index (χ1) is 12.0. The molecule has 0 saturated carbocycles. The fraction of sp³-hybridized carbons (Fsp3) is 0.100. The van der Waals surface area contributed by atoms with E-state index in [0.717, 1.165) is 17.7 Å². The fourth-order valence-corrected chi connectivity index (χ4v) is 2.90. The van der Waals surface area contributed by atoms with Gasteiger partial charge in [0.1, 0.15) is 11.6 Å². The molecule has 0 saturated heterocycles. The highest BCUT2D eigenvalue weighted by Crippen LogP contribution is 2.28. The van der Waals surface area contributed by atoms with Crippen molar-refractivity contribution < 1.29 is 18.3 Å². The molecule has 0 spiro atoms. The van der Waals surface area contributed by atoms with Crippen molar-refractivity contribution in [2.75, 3.05) is 0 Å². The van der Waals surface area contributed by atoms with Crippen molar-refractivity contribution in [3.8, 4) is 16.9 Å². The van der Waals surface area contributed by atoms with E-state index in [1.165, 1.54) is 12.1 Å². The molecule has 5 heteroatoms. The number of benzene rings is 3. The van der Waals surface area contributed by atoms with Crippen LogP contribution in [0, 0.1) is 17.5 Å². The Kier molecular flexibility index (Phi) is 5.00. The van der Waals surface area contributed by atoms with Gasteiger partial charge in [-0.05, 0) is 65.9 Å². The molecule has 3 aromatic carbocycles. The zero-order valence-electron chi connectivity index (χ0n) is 13.1. The Morgan fingerprint density at radius 3 is 2.36 bits per heavy atom. The molecule has 0 fully saturated rings. The van der Waals surface area contributed by atoms with E-state index in [9.17, 15) is 18.3 Å². The number of hydrogen-bond acceptors (Lipinski definition) is 1. The van der Waals surface area contributed by atoms with Gasteiger partial charge in [0, 0.05) is 10.6 Å². The molecule has 25 heavy (non-hydrogen) atoms. The zero-order valence-corrected chi connectivity index (χ0v) is 13.8. The monoisotopic (exact) mass is 362 g/mol. The van der Waals surface area contributed by atoms with Crippen LogP contribution < -0.4 is 0 Å². The highest BCUT2D eigenvalue weighted by atomic mass is 35.5. The van der Waals surface area contributed by atoms with Gasteiger partial charge in [-0.2, -0.15) is 0 Å². The number of aryl methyl sites for hydroxylation is 1. The summed E-state index contributed by atoms with van der Waals surface area (Å²) in [7, 11) is 0. The second-order valence-corrected chi connectivity index (χ2v) is 6.08. The SMILES string of the molecule is Oc1ccc(F)c(CCc2cc(-c3cccc(F)c3)ccc2Cl)c1F. The van der Waals surface area contributed by atoms with E-state index >= 15 is 0 Å². The number of phenols is 1. The van der Waals surface area contributed by atoms with Gasteiger partial charge in [-0.25, -0.2) is 13.2 Å². The molecule has 0 amide bonds. The normalized spacial score (nSPS) is 10.9. The number of halogens is 4. The highest BCUT2D eigenvalue weighted by Gasteiger charge is 2.14. The molecule has 1 nitrogen and oxygen atoms in total. The fourth-order valence-electron chi connectivity index (χ4n) is 2.69. The van der Waals surface area contributed by atoms with Crippen LogP contribution in [0.2, 0.25) is 5.02 Å². The largest absolute Gasteiger partial charge is 0.505 e. The first-order valence-corrected chi connectivity index (χ1v) is 8.03. The summed E-state index contributed by atoms with van der Waals surface area (Å²) in [5.74, 6) is -2.61. The van der Waals surface area contributed by atoms with Crippen LogP contribution in [0.3, 0.4) is 0 Å². The minimum atomic E-state index is -0.961. The molecule has 128 valence electrons. The number of rotatable bonds is 4. The Morgan fingerprint density at radius 1 is 0.840 bits per heavy atom. The van der Waals surface area contributed by atoms with Crippen molar-refractivity contribution >= 4 is 11.6 Å². The van der Waals surface area contributed by atoms with E-state index in [4.69, 9.17) is 11.6 Å². The average Bonchev–Trinajstić information content (AvgIpc) is 2.60. The second-order valence-electron chi connectivity index (χ2n) is 5.68. The Balaban J connectivity index is 1.89. The van der Waals surface area contributed by atoms with Crippen LogP contribution in [0.1, 0.15) is 11.1 Å². The van der Waals surface area contributed by atoms with E-state index in [2.05, 4.69) is 0 Å². The van der Waals surface area contributed by atoms with Gasteiger partial charge in [-0.1, -0.05) is 29.8 Å². The second kappa shape index (κ2) is 7.19. The summed E-state index contributed by atoms with van der Waals surface area (Å²) in [6.45, 7) is 0. The van der Waals surface area contributed by atoms with Crippen LogP contribution in [-0.2, 0) is 12.8 Å². The van der Waals surface area contributed by atoms with Gasteiger partial charge in [-0.3, -0.25) is 0 Å². The Bertz CT molecular complexity index is 925. The van der Waals surface area contributed by atoms with Crippen LogP contribution in [-0.4, -0.2) is 5.11 Å². The molecule has 0 aliphatic carbocycles. The van der Waals surface area contributed by atoms with Crippen molar-refractivity contribution in [3.05, 3.63) is 88.2 Å². The van der Waals surface area contributed by atoms with Crippen molar-refractivity contribution in [2.24, 2.45) is 0 Å². The number of phenolic OH excluding ortho intramolecular Hbond substituents is 1. The minimum absolute atomic E-state index is 0.0401. The smallest absolute Gasteiger partial charge is 0.170 e. The molecule has 3 aromatic rings. The first-order valence-electron chi connectivity index (χ1n) is 7.66. The Morgan fingerprint density at radius 2 is 1.60 bits per heavy atom. The maximum atomic E-state index is 13.9. The predicted molar refractivity (Wildman–Crippen MR) is 92.3 cm³/mol. The third-order valence-electron chi connectivity index (χ3n) is 4.01. The van der Waals surface area contributed by atoms with Gasteiger partial charge in [0.2, 0.25) is 0 Å². The molecule has 0 atom stereocenters. The lowest BCUT2D eigenvalue weighted by atomic mass is 9.98. The van der Waals surface area contributed by atoms with Crippen molar-refractivity contribution in [3.63, 3.8) is 0 Å². The minimum Gasteiger partial charge on any atom is -0.505 e. The summed E-state index contributed by atoms with van der Waals surface area (Å²) in [5, 5.41) is 9.85. The van der Waals surface area contributed by atoms with E-state index in [-0.39, 0.29) is 24.2 Å². The summed E-state index contributed by atoms with van der Waals surface area (Å²) in [5.41, 5.74) is 1.95. The molecular formula is C20H14ClF3O. The van der Waals surface area contributed by atoms with E-state index in [1.54, 1.807) is 30.3 Å². The number of hydrogen-bond donors (Lipinski definition) is 1. The van der Waals surface area contributed by atoms with E-state index in [1.807, 2.05) is 0 Å².